The number of nitrogens with one attached hydrogen (secondary N) is 1. The normalized spacial score (nSPS) is 11.2. The fourth-order valence-electron chi connectivity index (χ4n) is 3.29. The smallest absolute Gasteiger partial charge is 0.335 e. The van der Waals surface area contributed by atoms with Crippen LogP contribution in [0.2, 0.25) is 10.0 Å². The SMILES string of the molecule is Cc1ccc(NC(=O)/C(C#N)=C\c2cc(C)n(-c3cc(C(=O)O)ccc3Cl)c2C)cc1Cl. The van der Waals surface area contributed by atoms with Gasteiger partial charge in [-0.1, -0.05) is 29.3 Å². The first-order valence-corrected chi connectivity index (χ1v) is 10.3. The zero-order valence-corrected chi connectivity index (χ0v) is 19.0. The summed E-state index contributed by atoms with van der Waals surface area (Å²) in [7, 11) is 0. The number of benzene rings is 2. The molecule has 0 aliphatic heterocycles. The number of aromatic nitrogens is 1. The number of hydrogen-bond donors (Lipinski definition) is 2. The number of amides is 1. The molecule has 0 saturated carbocycles. The minimum absolute atomic E-state index is 0.0904. The lowest BCUT2D eigenvalue weighted by atomic mass is 10.1. The lowest BCUT2D eigenvalue weighted by Crippen LogP contribution is -2.13. The second kappa shape index (κ2) is 9.31. The van der Waals surface area contributed by atoms with E-state index < -0.39 is 11.9 Å². The van der Waals surface area contributed by atoms with Gasteiger partial charge in [0.05, 0.1) is 16.3 Å². The summed E-state index contributed by atoms with van der Waals surface area (Å²) in [5, 5.41) is 22.4. The zero-order valence-electron chi connectivity index (χ0n) is 17.5. The Hall–Kier alpha value is -3.53. The number of nitriles is 1. The summed E-state index contributed by atoms with van der Waals surface area (Å²) in [4.78, 5) is 24.0. The van der Waals surface area contributed by atoms with E-state index in [4.69, 9.17) is 23.2 Å². The van der Waals surface area contributed by atoms with Crippen molar-refractivity contribution in [3.05, 3.63) is 86.2 Å². The van der Waals surface area contributed by atoms with Gasteiger partial charge in [-0.2, -0.15) is 5.26 Å². The summed E-state index contributed by atoms with van der Waals surface area (Å²) in [6.07, 6.45) is 1.49. The number of carboxylic acid groups (broad SMARTS) is 1. The van der Waals surface area contributed by atoms with Gasteiger partial charge < -0.3 is 15.0 Å². The molecule has 0 aliphatic carbocycles. The first kappa shape index (κ1) is 23.1. The molecule has 6 nitrogen and oxygen atoms in total. The van der Waals surface area contributed by atoms with Crippen LogP contribution in [-0.2, 0) is 4.79 Å². The predicted molar refractivity (Wildman–Crippen MR) is 126 cm³/mol. The van der Waals surface area contributed by atoms with Gasteiger partial charge in [0.25, 0.3) is 5.91 Å². The van der Waals surface area contributed by atoms with Crippen LogP contribution in [0.5, 0.6) is 0 Å². The van der Waals surface area contributed by atoms with Gasteiger partial charge in [-0.05, 0) is 74.4 Å². The van der Waals surface area contributed by atoms with E-state index in [0.29, 0.717) is 32.7 Å². The summed E-state index contributed by atoms with van der Waals surface area (Å²) in [6, 6.07) is 13.3. The molecule has 0 unspecified atom stereocenters. The molecule has 1 amide bonds. The number of rotatable bonds is 5. The molecular weight excluding hydrogens is 449 g/mol. The summed E-state index contributed by atoms with van der Waals surface area (Å²) >= 11 is 12.4. The number of carbonyl (C=O) groups is 2. The summed E-state index contributed by atoms with van der Waals surface area (Å²) in [5.41, 5.74) is 3.96. The van der Waals surface area contributed by atoms with Crippen LogP contribution in [0.3, 0.4) is 0 Å². The third-order valence-corrected chi connectivity index (χ3v) is 5.73. The molecule has 3 aromatic rings. The molecule has 1 heterocycles. The first-order valence-electron chi connectivity index (χ1n) is 9.54. The van der Waals surface area contributed by atoms with Crippen LogP contribution in [0, 0.1) is 32.1 Å². The zero-order chi connectivity index (χ0) is 23.6. The number of halogens is 2. The molecule has 0 spiro atoms. The maximum Gasteiger partial charge on any atom is 0.335 e. The van der Waals surface area contributed by atoms with Crippen molar-refractivity contribution >= 4 is 46.8 Å². The molecule has 1 aromatic heterocycles. The molecule has 2 aromatic carbocycles. The second-order valence-electron chi connectivity index (χ2n) is 7.22. The van der Waals surface area contributed by atoms with Crippen molar-refractivity contribution in [2.45, 2.75) is 20.8 Å². The van der Waals surface area contributed by atoms with Gasteiger partial charge in [0, 0.05) is 22.1 Å². The van der Waals surface area contributed by atoms with E-state index in [1.165, 1.54) is 24.3 Å². The van der Waals surface area contributed by atoms with Crippen molar-refractivity contribution in [1.29, 1.82) is 5.26 Å². The van der Waals surface area contributed by atoms with Crippen LogP contribution < -0.4 is 5.32 Å². The largest absolute Gasteiger partial charge is 0.478 e. The molecule has 0 atom stereocenters. The van der Waals surface area contributed by atoms with E-state index in [1.54, 1.807) is 35.8 Å². The highest BCUT2D eigenvalue weighted by molar-refractivity contribution is 6.32. The van der Waals surface area contributed by atoms with Crippen molar-refractivity contribution in [1.82, 2.24) is 4.57 Å². The molecule has 2 N–H and O–H groups in total. The molecule has 0 fully saturated rings. The van der Waals surface area contributed by atoms with Crippen LogP contribution in [0.4, 0.5) is 5.69 Å². The Kier molecular flexibility index (Phi) is 6.73. The van der Waals surface area contributed by atoms with E-state index in [9.17, 15) is 20.0 Å². The molecule has 32 heavy (non-hydrogen) atoms. The molecule has 0 bridgehead atoms. The maximum absolute atomic E-state index is 12.7. The van der Waals surface area contributed by atoms with Crippen LogP contribution in [0.15, 0.2) is 48.0 Å². The lowest BCUT2D eigenvalue weighted by molar-refractivity contribution is -0.112. The van der Waals surface area contributed by atoms with Gasteiger partial charge in [0.1, 0.15) is 11.6 Å². The van der Waals surface area contributed by atoms with Crippen LogP contribution in [0.1, 0.15) is 32.9 Å². The van der Waals surface area contributed by atoms with E-state index >= 15 is 0 Å². The maximum atomic E-state index is 12.7. The quantitative estimate of drug-likeness (QED) is 0.357. The molecule has 0 saturated heterocycles. The van der Waals surface area contributed by atoms with Crippen LogP contribution in [0.25, 0.3) is 11.8 Å². The number of carbonyl (C=O) groups excluding carboxylic acids is 1. The third-order valence-electron chi connectivity index (χ3n) is 5.00. The summed E-state index contributed by atoms with van der Waals surface area (Å²) in [6.45, 7) is 5.48. The van der Waals surface area contributed by atoms with Crippen molar-refractivity contribution < 1.29 is 14.7 Å². The van der Waals surface area contributed by atoms with E-state index in [2.05, 4.69) is 5.32 Å². The Balaban J connectivity index is 1.99. The topological polar surface area (TPSA) is 95.1 Å². The predicted octanol–water partition coefficient (Wildman–Crippen LogP) is 5.95. The van der Waals surface area contributed by atoms with Crippen LogP contribution >= 0.6 is 23.2 Å². The van der Waals surface area contributed by atoms with E-state index in [1.807, 2.05) is 19.9 Å². The Bertz CT molecular complexity index is 1320. The van der Waals surface area contributed by atoms with E-state index in [0.717, 1.165) is 11.3 Å². The fraction of sp³-hybridized carbons (Fsp3) is 0.125. The first-order chi connectivity index (χ1) is 15.1. The molecule has 8 heteroatoms. The number of hydrogen-bond acceptors (Lipinski definition) is 3. The Morgan fingerprint density at radius 1 is 1.06 bits per heavy atom. The molecular formula is C24H19Cl2N3O3. The Morgan fingerprint density at radius 2 is 1.78 bits per heavy atom. The molecule has 3 rings (SSSR count). The monoisotopic (exact) mass is 467 g/mol. The van der Waals surface area contributed by atoms with Gasteiger partial charge in [0.2, 0.25) is 0 Å². The average Bonchev–Trinajstić information content (AvgIpc) is 3.02. The number of anilines is 1. The van der Waals surface area contributed by atoms with Gasteiger partial charge in [-0.15, -0.1) is 0 Å². The minimum Gasteiger partial charge on any atom is -0.478 e. The van der Waals surface area contributed by atoms with Crippen molar-refractivity contribution in [2.24, 2.45) is 0 Å². The number of nitrogens with zero attached hydrogens (tertiary/aromatic N) is 2. The van der Waals surface area contributed by atoms with Gasteiger partial charge >= 0.3 is 5.97 Å². The number of aryl methyl sites for hydroxylation is 2. The average molecular weight is 468 g/mol. The number of aromatic carboxylic acids is 1. The molecule has 0 radical (unpaired) electrons. The molecule has 0 aliphatic rings. The summed E-state index contributed by atoms with van der Waals surface area (Å²) in [5.74, 6) is -1.63. The van der Waals surface area contributed by atoms with Gasteiger partial charge in [0.15, 0.2) is 0 Å². The van der Waals surface area contributed by atoms with Crippen molar-refractivity contribution in [3.63, 3.8) is 0 Å². The lowest BCUT2D eigenvalue weighted by Gasteiger charge is -2.12. The highest BCUT2D eigenvalue weighted by atomic mass is 35.5. The fourth-order valence-corrected chi connectivity index (χ4v) is 3.68. The van der Waals surface area contributed by atoms with Crippen molar-refractivity contribution in [2.75, 3.05) is 5.32 Å². The highest BCUT2D eigenvalue weighted by Crippen LogP contribution is 2.29. The van der Waals surface area contributed by atoms with E-state index in [-0.39, 0.29) is 11.1 Å². The van der Waals surface area contributed by atoms with Gasteiger partial charge in [-0.3, -0.25) is 4.79 Å². The highest BCUT2D eigenvalue weighted by Gasteiger charge is 2.17. The van der Waals surface area contributed by atoms with Crippen LogP contribution in [-0.4, -0.2) is 21.6 Å². The minimum atomic E-state index is -1.06. The van der Waals surface area contributed by atoms with Gasteiger partial charge in [-0.25, -0.2) is 4.79 Å². The third kappa shape index (κ3) is 4.70. The number of carboxylic acids is 1. The Labute approximate surface area is 195 Å². The summed E-state index contributed by atoms with van der Waals surface area (Å²) < 4.78 is 1.78. The molecule has 162 valence electrons. The second-order valence-corrected chi connectivity index (χ2v) is 8.04. The standard InChI is InChI=1S/C24H19Cl2N3O3/c1-13-4-6-19(11-21(13)26)28-23(30)18(12-27)9-17-8-14(2)29(15(17)3)22-10-16(24(31)32)5-7-20(22)25/h4-11H,1-3H3,(H,28,30)(H,31,32)/b18-9-. The Morgan fingerprint density at radius 3 is 2.41 bits per heavy atom. The van der Waals surface area contributed by atoms with Crippen molar-refractivity contribution in [3.8, 4) is 11.8 Å².